The molecule has 6 heteroatoms. The van der Waals surface area contributed by atoms with Gasteiger partial charge in [0.1, 0.15) is 5.01 Å². The zero-order valence-corrected chi connectivity index (χ0v) is 17.9. The monoisotopic (exact) mass is 420 g/mol. The third-order valence-electron chi connectivity index (χ3n) is 4.94. The average Bonchev–Trinajstić information content (AvgIpc) is 3.46. The molecule has 0 spiro atoms. The van der Waals surface area contributed by atoms with Crippen molar-refractivity contribution in [2.24, 2.45) is 0 Å². The zero-order chi connectivity index (χ0) is 21.1. The Morgan fingerprint density at radius 3 is 2.47 bits per heavy atom. The topological polar surface area (TPSA) is 68.3 Å². The van der Waals surface area contributed by atoms with Gasteiger partial charge in [-0.25, -0.2) is 4.98 Å². The molecule has 0 aliphatic heterocycles. The molecule has 0 saturated heterocycles. The summed E-state index contributed by atoms with van der Waals surface area (Å²) in [7, 11) is 0. The minimum Gasteiger partial charge on any atom is -0.452 e. The number of thiazole rings is 1. The molecule has 1 aromatic heterocycles. The first kappa shape index (κ1) is 20.3. The number of nitrogens with zero attached hydrogens (tertiary/aromatic N) is 1. The second-order valence-corrected chi connectivity index (χ2v) is 8.62. The van der Waals surface area contributed by atoms with Crippen LogP contribution >= 0.6 is 11.3 Å². The van der Waals surface area contributed by atoms with Crippen molar-refractivity contribution in [2.45, 2.75) is 45.3 Å². The van der Waals surface area contributed by atoms with Crippen molar-refractivity contribution >= 4 is 23.2 Å². The number of nitrogens with one attached hydrogen (secondary N) is 1. The Kier molecular flexibility index (Phi) is 5.95. The van der Waals surface area contributed by atoms with Gasteiger partial charge in [-0.3, -0.25) is 9.59 Å². The van der Waals surface area contributed by atoms with Gasteiger partial charge in [0.15, 0.2) is 6.10 Å². The molecule has 1 atom stereocenters. The van der Waals surface area contributed by atoms with Crippen molar-refractivity contribution in [3.63, 3.8) is 0 Å². The highest BCUT2D eigenvalue weighted by molar-refractivity contribution is 7.18. The van der Waals surface area contributed by atoms with E-state index in [0.29, 0.717) is 5.69 Å². The highest BCUT2D eigenvalue weighted by atomic mass is 32.1. The quantitative estimate of drug-likeness (QED) is 0.570. The number of aryl methyl sites for hydroxylation is 1. The Balaban J connectivity index is 1.55. The molecule has 5 nitrogen and oxygen atoms in total. The van der Waals surface area contributed by atoms with Gasteiger partial charge in [-0.1, -0.05) is 60.2 Å². The molecule has 1 aliphatic rings. The number of hydrogen-bond acceptors (Lipinski definition) is 5. The summed E-state index contributed by atoms with van der Waals surface area (Å²) in [6, 6.07) is 18.3. The molecule has 1 aliphatic carbocycles. The Morgan fingerprint density at radius 1 is 1.10 bits per heavy atom. The van der Waals surface area contributed by atoms with Crippen LogP contribution in [0.4, 0.5) is 0 Å². The van der Waals surface area contributed by atoms with Crippen LogP contribution in [0.25, 0.3) is 21.0 Å². The number of aromatic nitrogens is 1. The number of hydrogen-bond donors (Lipinski definition) is 1. The highest BCUT2D eigenvalue weighted by Crippen LogP contribution is 2.36. The largest absolute Gasteiger partial charge is 0.452 e. The Morgan fingerprint density at radius 2 is 1.80 bits per heavy atom. The predicted octanol–water partition coefficient (Wildman–Crippen LogP) is 4.54. The Bertz CT molecular complexity index is 1040. The van der Waals surface area contributed by atoms with Crippen LogP contribution in [-0.4, -0.2) is 29.0 Å². The van der Waals surface area contributed by atoms with Gasteiger partial charge >= 0.3 is 5.97 Å². The first-order valence-electron chi connectivity index (χ1n) is 10.1. The normalized spacial score (nSPS) is 14.2. The van der Waals surface area contributed by atoms with Gasteiger partial charge in [0.05, 0.1) is 17.0 Å². The number of carbonyl (C=O) groups excluding carboxylic acids is 2. The molecule has 3 aromatic rings. The van der Waals surface area contributed by atoms with Gasteiger partial charge in [0.25, 0.3) is 5.91 Å². The maximum absolute atomic E-state index is 12.6. The molecule has 4 rings (SSSR count). The number of ether oxygens (including phenoxy) is 1. The molecule has 1 saturated carbocycles. The molecule has 0 bridgehead atoms. The lowest BCUT2D eigenvalue weighted by Crippen LogP contribution is -2.37. The van der Waals surface area contributed by atoms with Gasteiger partial charge < -0.3 is 10.1 Å². The smallest absolute Gasteiger partial charge is 0.312 e. The van der Waals surface area contributed by atoms with Crippen LogP contribution in [0.1, 0.15) is 31.0 Å². The first-order chi connectivity index (χ1) is 14.5. The first-order valence-corrected chi connectivity index (χ1v) is 10.9. The second-order valence-electron chi connectivity index (χ2n) is 7.62. The summed E-state index contributed by atoms with van der Waals surface area (Å²) < 4.78 is 5.38. The van der Waals surface area contributed by atoms with Crippen LogP contribution in [-0.2, 0) is 20.7 Å². The fraction of sp³-hybridized carbons (Fsp3) is 0.292. The highest BCUT2D eigenvalue weighted by Gasteiger charge is 2.27. The molecule has 1 fully saturated rings. The second kappa shape index (κ2) is 8.79. The summed E-state index contributed by atoms with van der Waals surface area (Å²) in [4.78, 5) is 30.4. The molecule has 0 radical (unpaired) electrons. The summed E-state index contributed by atoms with van der Waals surface area (Å²) in [5.41, 5.74) is 3.86. The van der Waals surface area contributed by atoms with Crippen LogP contribution in [0, 0.1) is 6.92 Å². The van der Waals surface area contributed by atoms with E-state index in [1.165, 1.54) is 5.56 Å². The fourth-order valence-corrected chi connectivity index (χ4v) is 4.17. The molecule has 154 valence electrons. The van der Waals surface area contributed by atoms with E-state index in [9.17, 15) is 9.59 Å². The third kappa shape index (κ3) is 4.94. The van der Waals surface area contributed by atoms with E-state index in [1.54, 1.807) is 18.3 Å². The molecule has 1 amide bonds. The Labute approximate surface area is 180 Å². The number of carbonyl (C=O) groups is 2. The molecule has 0 unspecified atom stereocenters. The van der Waals surface area contributed by atoms with E-state index in [-0.39, 0.29) is 18.4 Å². The van der Waals surface area contributed by atoms with E-state index < -0.39 is 12.1 Å². The SMILES string of the molecule is Cc1ccc(-c2sc(-c3ccccc3)nc2CC(=O)O[C@@H](C)C(=O)NC2CC2)cc1. The van der Waals surface area contributed by atoms with E-state index >= 15 is 0 Å². The molecule has 30 heavy (non-hydrogen) atoms. The Hall–Kier alpha value is -2.99. The molecular weight excluding hydrogens is 396 g/mol. The van der Waals surface area contributed by atoms with Crippen LogP contribution < -0.4 is 5.32 Å². The van der Waals surface area contributed by atoms with Crippen LogP contribution in [0.5, 0.6) is 0 Å². The summed E-state index contributed by atoms with van der Waals surface area (Å²) in [5.74, 6) is -0.695. The van der Waals surface area contributed by atoms with E-state index in [0.717, 1.165) is 33.9 Å². The minimum atomic E-state index is -0.812. The third-order valence-corrected chi connectivity index (χ3v) is 6.14. The van der Waals surface area contributed by atoms with Gasteiger partial charge in [-0.05, 0) is 32.3 Å². The van der Waals surface area contributed by atoms with Crippen molar-refractivity contribution in [3.05, 3.63) is 65.9 Å². The number of esters is 1. The van der Waals surface area contributed by atoms with Gasteiger partial charge in [0, 0.05) is 11.6 Å². The van der Waals surface area contributed by atoms with E-state index in [2.05, 4.69) is 5.32 Å². The minimum absolute atomic E-state index is 0.0214. The lowest BCUT2D eigenvalue weighted by molar-refractivity contribution is -0.154. The average molecular weight is 421 g/mol. The van der Waals surface area contributed by atoms with Crippen molar-refractivity contribution in [2.75, 3.05) is 0 Å². The standard InChI is InChI=1S/C24H24N2O3S/c1-15-8-10-17(11-9-15)22-20(26-24(30-22)18-6-4-3-5-7-18)14-21(27)29-16(2)23(28)25-19-12-13-19/h3-11,16,19H,12-14H2,1-2H3,(H,25,28)/t16-/m0/s1. The fourth-order valence-electron chi connectivity index (χ4n) is 3.08. The lowest BCUT2D eigenvalue weighted by atomic mass is 10.1. The zero-order valence-electron chi connectivity index (χ0n) is 17.1. The summed E-state index contributed by atoms with van der Waals surface area (Å²) in [6.07, 6.45) is 1.20. The molecule has 1 N–H and O–H groups in total. The summed E-state index contributed by atoms with van der Waals surface area (Å²) in [5, 5.41) is 3.72. The maximum Gasteiger partial charge on any atom is 0.312 e. The van der Waals surface area contributed by atoms with E-state index in [4.69, 9.17) is 9.72 Å². The molecule has 1 heterocycles. The number of benzene rings is 2. The summed E-state index contributed by atoms with van der Waals surface area (Å²) >= 11 is 1.56. The molecular formula is C24H24N2O3S. The number of amides is 1. The predicted molar refractivity (Wildman–Crippen MR) is 118 cm³/mol. The van der Waals surface area contributed by atoms with Crippen molar-refractivity contribution in [3.8, 4) is 21.0 Å². The van der Waals surface area contributed by atoms with Crippen LogP contribution in [0.3, 0.4) is 0 Å². The van der Waals surface area contributed by atoms with Crippen LogP contribution in [0.2, 0.25) is 0 Å². The lowest BCUT2D eigenvalue weighted by Gasteiger charge is -2.13. The van der Waals surface area contributed by atoms with Crippen molar-refractivity contribution < 1.29 is 14.3 Å². The number of rotatable bonds is 7. The van der Waals surface area contributed by atoms with Crippen molar-refractivity contribution in [1.29, 1.82) is 0 Å². The molecule has 2 aromatic carbocycles. The van der Waals surface area contributed by atoms with Gasteiger partial charge in [-0.15, -0.1) is 11.3 Å². The van der Waals surface area contributed by atoms with Crippen molar-refractivity contribution in [1.82, 2.24) is 10.3 Å². The van der Waals surface area contributed by atoms with Crippen LogP contribution in [0.15, 0.2) is 54.6 Å². The summed E-state index contributed by atoms with van der Waals surface area (Å²) in [6.45, 7) is 3.64. The maximum atomic E-state index is 12.6. The van der Waals surface area contributed by atoms with E-state index in [1.807, 2.05) is 61.5 Å². The van der Waals surface area contributed by atoms with Gasteiger partial charge in [-0.2, -0.15) is 0 Å². The van der Waals surface area contributed by atoms with Gasteiger partial charge in [0.2, 0.25) is 0 Å².